The molecular weight excluding hydrogens is 494 g/mol. The number of β-amino-alcohol motifs (C(OH)–C–C–N with tert-alkyl or cyclic N) is 1. The number of piperazine rings is 1. The fourth-order valence-electron chi connectivity index (χ4n) is 4.15. The summed E-state index contributed by atoms with van der Waals surface area (Å²) in [5.74, 6) is 0.491. The summed E-state index contributed by atoms with van der Waals surface area (Å²) in [6.45, 7) is 6.80. The molecule has 1 fully saturated rings. The number of carbonyl (C=O) groups excluding carboxylic acids is 1. The van der Waals surface area contributed by atoms with Crippen LogP contribution in [0.15, 0.2) is 30.3 Å². The molecular formula is C25H35F4N5O3. The van der Waals surface area contributed by atoms with Gasteiger partial charge in [0.15, 0.2) is 6.80 Å². The van der Waals surface area contributed by atoms with Crippen LogP contribution in [-0.2, 0) is 30.7 Å². The van der Waals surface area contributed by atoms with Crippen LogP contribution in [0.1, 0.15) is 30.8 Å². The minimum atomic E-state index is -4.40. The highest BCUT2D eigenvalue weighted by Gasteiger charge is 2.30. The molecule has 2 N–H and O–H groups in total. The summed E-state index contributed by atoms with van der Waals surface area (Å²) in [5.41, 5.74) is 0.680. The Morgan fingerprint density at radius 3 is 2.38 bits per heavy atom. The SMILES string of the molecule is CC(C)Cc1cc(CNC(=O)CN2CCN(CC(O)COc3ccc(C(F)(F)F)cc3)CC2)nn1CF. The van der Waals surface area contributed by atoms with E-state index in [0.717, 1.165) is 17.8 Å². The zero-order valence-corrected chi connectivity index (χ0v) is 21.2. The zero-order valence-electron chi connectivity index (χ0n) is 21.2. The van der Waals surface area contributed by atoms with E-state index in [2.05, 4.69) is 29.2 Å². The van der Waals surface area contributed by atoms with Gasteiger partial charge in [0.1, 0.15) is 18.5 Å². The lowest BCUT2D eigenvalue weighted by molar-refractivity contribution is -0.137. The van der Waals surface area contributed by atoms with Crippen molar-refractivity contribution in [3.63, 3.8) is 0 Å². The predicted molar refractivity (Wildman–Crippen MR) is 130 cm³/mol. The van der Waals surface area contributed by atoms with Crippen molar-refractivity contribution in [2.45, 2.75) is 45.9 Å². The van der Waals surface area contributed by atoms with E-state index in [0.29, 0.717) is 50.8 Å². The van der Waals surface area contributed by atoms with E-state index in [1.54, 1.807) is 0 Å². The first-order chi connectivity index (χ1) is 17.5. The third-order valence-electron chi connectivity index (χ3n) is 6.04. The lowest BCUT2D eigenvalue weighted by Gasteiger charge is -2.35. The zero-order chi connectivity index (χ0) is 27.0. The Labute approximate surface area is 214 Å². The fourth-order valence-corrected chi connectivity index (χ4v) is 4.15. The Bertz CT molecular complexity index is 989. The Kier molecular flexibility index (Phi) is 10.3. The predicted octanol–water partition coefficient (Wildman–Crippen LogP) is 2.70. The lowest BCUT2D eigenvalue weighted by Crippen LogP contribution is -2.51. The molecule has 1 aromatic heterocycles. The van der Waals surface area contributed by atoms with Crippen LogP contribution >= 0.6 is 0 Å². The number of nitrogens with one attached hydrogen (secondary N) is 1. The number of nitrogens with zero attached hydrogens (tertiary/aromatic N) is 4. The van der Waals surface area contributed by atoms with Gasteiger partial charge in [0.2, 0.25) is 5.91 Å². The molecule has 1 saturated heterocycles. The maximum absolute atomic E-state index is 13.2. The van der Waals surface area contributed by atoms with Gasteiger partial charge >= 0.3 is 6.18 Å². The molecule has 2 heterocycles. The van der Waals surface area contributed by atoms with Crippen molar-refractivity contribution in [3.8, 4) is 5.75 Å². The molecule has 37 heavy (non-hydrogen) atoms. The number of ether oxygens (including phenoxy) is 1. The topological polar surface area (TPSA) is 82.9 Å². The average Bonchev–Trinajstić information content (AvgIpc) is 3.23. The van der Waals surface area contributed by atoms with E-state index in [1.807, 2.05) is 11.0 Å². The van der Waals surface area contributed by atoms with Gasteiger partial charge in [-0.05, 0) is 42.7 Å². The smallest absolute Gasteiger partial charge is 0.416 e. The third kappa shape index (κ3) is 9.28. The van der Waals surface area contributed by atoms with Crippen LogP contribution < -0.4 is 10.1 Å². The Hall–Kier alpha value is -2.70. The minimum absolute atomic E-state index is 0.0367. The fraction of sp³-hybridized carbons (Fsp3) is 0.600. The number of hydrogen-bond acceptors (Lipinski definition) is 6. The van der Waals surface area contributed by atoms with Gasteiger partial charge in [-0.1, -0.05) is 13.8 Å². The Balaban J connectivity index is 1.33. The van der Waals surface area contributed by atoms with Crippen molar-refractivity contribution >= 4 is 5.91 Å². The molecule has 1 amide bonds. The number of halogens is 4. The van der Waals surface area contributed by atoms with E-state index in [1.165, 1.54) is 16.8 Å². The van der Waals surface area contributed by atoms with Crippen LogP contribution in [0, 0.1) is 5.92 Å². The van der Waals surface area contributed by atoms with Crippen LogP contribution in [0.2, 0.25) is 0 Å². The first kappa shape index (κ1) is 28.9. The maximum Gasteiger partial charge on any atom is 0.416 e. The molecule has 12 heteroatoms. The molecule has 206 valence electrons. The quantitative estimate of drug-likeness (QED) is 0.412. The summed E-state index contributed by atoms with van der Waals surface area (Å²) in [6.07, 6.45) is -4.49. The van der Waals surface area contributed by atoms with Gasteiger partial charge in [0.25, 0.3) is 0 Å². The molecule has 1 aromatic carbocycles. The monoisotopic (exact) mass is 529 g/mol. The van der Waals surface area contributed by atoms with Crippen LogP contribution in [0.4, 0.5) is 17.6 Å². The van der Waals surface area contributed by atoms with Gasteiger partial charge in [-0.25, -0.2) is 9.07 Å². The van der Waals surface area contributed by atoms with Crippen LogP contribution in [-0.4, -0.2) is 82.6 Å². The van der Waals surface area contributed by atoms with Gasteiger partial charge in [-0.3, -0.25) is 14.6 Å². The Morgan fingerprint density at radius 1 is 1.14 bits per heavy atom. The van der Waals surface area contributed by atoms with Crippen LogP contribution in [0.3, 0.4) is 0 Å². The van der Waals surface area contributed by atoms with E-state index in [-0.39, 0.29) is 31.4 Å². The van der Waals surface area contributed by atoms with Gasteiger partial charge in [0, 0.05) is 38.4 Å². The van der Waals surface area contributed by atoms with E-state index in [9.17, 15) is 27.5 Å². The lowest BCUT2D eigenvalue weighted by atomic mass is 10.1. The number of alkyl halides is 4. The molecule has 0 saturated carbocycles. The second kappa shape index (κ2) is 13.2. The minimum Gasteiger partial charge on any atom is -0.491 e. The normalized spacial score (nSPS) is 16.2. The first-order valence-corrected chi connectivity index (χ1v) is 12.3. The molecule has 0 bridgehead atoms. The molecule has 1 unspecified atom stereocenters. The summed E-state index contributed by atoms with van der Waals surface area (Å²) in [5, 5.41) is 17.3. The van der Waals surface area contributed by atoms with Gasteiger partial charge < -0.3 is 15.2 Å². The number of rotatable bonds is 12. The molecule has 2 aromatic rings. The summed E-state index contributed by atoms with van der Waals surface area (Å²) in [6, 6.07) is 6.17. The van der Waals surface area contributed by atoms with Gasteiger partial charge in [-0.15, -0.1) is 0 Å². The molecule has 8 nitrogen and oxygen atoms in total. The van der Waals surface area contributed by atoms with Crippen molar-refractivity contribution in [1.82, 2.24) is 24.9 Å². The second-order valence-electron chi connectivity index (χ2n) is 9.68. The van der Waals surface area contributed by atoms with Crippen molar-refractivity contribution in [1.29, 1.82) is 0 Å². The molecule has 0 aliphatic carbocycles. The molecule has 0 radical (unpaired) electrons. The number of carbonyl (C=O) groups is 1. The van der Waals surface area contributed by atoms with Gasteiger partial charge in [-0.2, -0.15) is 18.3 Å². The van der Waals surface area contributed by atoms with Crippen molar-refractivity contribution in [2.24, 2.45) is 5.92 Å². The highest BCUT2D eigenvalue weighted by atomic mass is 19.4. The van der Waals surface area contributed by atoms with Crippen molar-refractivity contribution < 1.29 is 32.2 Å². The first-order valence-electron chi connectivity index (χ1n) is 12.3. The molecule has 1 aliphatic heterocycles. The number of aliphatic hydroxyl groups is 1. The summed E-state index contributed by atoms with van der Waals surface area (Å²) < 4.78 is 57.8. The highest BCUT2D eigenvalue weighted by Crippen LogP contribution is 2.30. The molecule has 1 aliphatic rings. The standard InChI is InChI=1S/C25H35F4N5O3/c1-18(2)11-21-12-20(31-34(21)17-26)13-30-24(36)15-33-9-7-32(8-10-33)14-22(35)16-37-23-5-3-19(4-6-23)25(27,28)29/h3-6,12,18,22,35H,7-11,13-17H2,1-2H3,(H,30,36). The molecule has 1 atom stereocenters. The van der Waals surface area contributed by atoms with Crippen molar-refractivity contribution in [2.75, 3.05) is 45.9 Å². The number of hydrogen-bond donors (Lipinski definition) is 2. The largest absolute Gasteiger partial charge is 0.491 e. The van der Waals surface area contributed by atoms with Gasteiger partial charge in [0.05, 0.1) is 24.3 Å². The summed E-state index contributed by atoms with van der Waals surface area (Å²) in [7, 11) is 0. The van der Waals surface area contributed by atoms with E-state index in [4.69, 9.17) is 4.74 Å². The molecule has 3 rings (SSSR count). The third-order valence-corrected chi connectivity index (χ3v) is 6.04. The number of amides is 1. The second-order valence-corrected chi connectivity index (χ2v) is 9.68. The molecule has 0 spiro atoms. The Morgan fingerprint density at radius 2 is 1.78 bits per heavy atom. The van der Waals surface area contributed by atoms with Crippen molar-refractivity contribution in [3.05, 3.63) is 47.3 Å². The average molecular weight is 530 g/mol. The number of benzene rings is 1. The maximum atomic E-state index is 13.2. The number of aliphatic hydroxyl groups excluding tert-OH is 1. The van der Waals surface area contributed by atoms with Crippen LogP contribution in [0.5, 0.6) is 5.75 Å². The summed E-state index contributed by atoms with van der Waals surface area (Å²) in [4.78, 5) is 16.5. The summed E-state index contributed by atoms with van der Waals surface area (Å²) >= 11 is 0. The van der Waals surface area contributed by atoms with E-state index < -0.39 is 24.6 Å². The highest BCUT2D eigenvalue weighted by molar-refractivity contribution is 5.77. The number of aromatic nitrogens is 2. The van der Waals surface area contributed by atoms with E-state index >= 15 is 0 Å². The van der Waals surface area contributed by atoms with Crippen LogP contribution in [0.25, 0.3) is 0 Å².